The van der Waals surface area contributed by atoms with E-state index < -0.39 is 0 Å². The van der Waals surface area contributed by atoms with Gasteiger partial charge in [-0.2, -0.15) is 0 Å². The van der Waals surface area contributed by atoms with Crippen LogP contribution < -0.4 is 10.6 Å². The number of carbonyl (C=O) groups excluding carboxylic acids is 1. The lowest BCUT2D eigenvalue weighted by molar-refractivity contribution is -0.115. The molecule has 0 saturated carbocycles. The summed E-state index contributed by atoms with van der Waals surface area (Å²) in [7, 11) is 0. The predicted molar refractivity (Wildman–Crippen MR) is 81.4 cm³/mol. The van der Waals surface area contributed by atoms with E-state index in [0.29, 0.717) is 6.54 Å². The number of nitrogens with one attached hydrogen (secondary N) is 2. The molecule has 2 N–H and O–H groups in total. The van der Waals surface area contributed by atoms with E-state index in [1.807, 2.05) is 31.2 Å². The fraction of sp³-hybridized carbons (Fsp3) is 0.562. The van der Waals surface area contributed by atoms with Gasteiger partial charge in [0.15, 0.2) is 0 Å². The van der Waals surface area contributed by atoms with Crippen molar-refractivity contribution in [2.75, 3.05) is 11.9 Å². The van der Waals surface area contributed by atoms with E-state index in [9.17, 15) is 4.79 Å². The minimum atomic E-state index is 0.0188. The normalized spacial score (nSPS) is 11.4. The number of rotatable bonds is 7. The first kappa shape index (κ1) is 15.7. The molecule has 1 aromatic rings. The summed E-state index contributed by atoms with van der Waals surface area (Å²) in [6, 6.07) is 7.86. The maximum atomic E-state index is 11.9. The minimum absolute atomic E-state index is 0.0188. The highest BCUT2D eigenvalue weighted by Crippen LogP contribution is 2.18. The number of carbonyl (C=O) groups is 1. The van der Waals surface area contributed by atoms with Crippen LogP contribution in [0.15, 0.2) is 24.3 Å². The van der Waals surface area contributed by atoms with Crippen LogP contribution in [0.5, 0.6) is 0 Å². The van der Waals surface area contributed by atoms with E-state index in [4.69, 9.17) is 0 Å². The largest absolute Gasteiger partial charge is 0.325 e. The molecule has 0 aliphatic rings. The quantitative estimate of drug-likeness (QED) is 0.789. The Morgan fingerprint density at radius 2 is 1.79 bits per heavy atom. The summed E-state index contributed by atoms with van der Waals surface area (Å²) in [6.45, 7) is 8.88. The van der Waals surface area contributed by atoms with Crippen molar-refractivity contribution >= 4 is 11.6 Å². The highest BCUT2D eigenvalue weighted by molar-refractivity contribution is 5.92. The monoisotopic (exact) mass is 262 g/mol. The second-order valence-corrected chi connectivity index (χ2v) is 5.11. The maximum Gasteiger partial charge on any atom is 0.238 e. The van der Waals surface area contributed by atoms with Crippen LogP contribution >= 0.6 is 0 Å². The second-order valence-electron chi connectivity index (χ2n) is 5.11. The fourth-order valence-electron chi connectivity index (χ4n) is 2.32. The number of aryl methyl sites for hydroxylation is 1. The van der Waals surface area contributed by atoms with E-state index in [1.165, 1.54) is 0 Å². The van der Waals surface area contributed by atoms with E-state index >= 15 is 0 Å². The van der Waals surface area contributed by atoms with E-state index in [0.717, 1.165) is 30.5 Å². The molecule has 0 spiro atoms. The van der Waals surface area contributed by atoms with Crippen molar-refractivity contribution in [2.45, 2.75) is 52.5 Å². The van der Waals surface area contributed by atoms with Gasteiger partial charge >= 0.3 is 0 Å². The Morgan fingerprint density at radius 1 is 1.16 bits per heavy atom. The molecule has 3 nitrogen and oxygen atoms in total. The Bertz CT molecular complexity index is 403. The first-order valence-corrected chi connectivity index (χ1v) is 7.16. The molecule has 0 unspecified atom stereocenters. The molecule has 0 aliphatic carbocycles. The first-order valence-electron chi connectivity index (χ1n) is 7.16. The third-order valence-electron chi connectivity index (χ3n) is 3.96. The van der Waals surface area contributed by atoms with Gasteiger partial charge in [-0.05, 0) is 43.9 Å². The number of amides is 1. The standard InChI is InChI=1S/C16H26N2O/c1-5-16(6-2,7-3)17-12-15(19)18-14-10-8-9-13(4)11-14/h8-11,17H,5-7,12H2,1-4H3,(H,18,19). The van der Waals surface area contributed by atoms with Gasteiger partial charge in [0.25, 0.3) is 0 Å². The molecule has 0 heterocycles. The average molecular weight is 262 g/mol. The van der Waals surface area contributed by atoms with Crippen LogP contribution in [0, 0.1) is 6.92 Å². The molecule has 0 aromatic heterocycles. The molecule has 1 aromatic carbocycles. The third-order valence-corrected chi connectivity index (χ3v) is 3.96. The molecule has 106 valence electrons. The molecule has 0 atom stereocenters. The summed E-state index contributed by atoms with van der Waals surface area (Å²) in [6.07, 6.45) is 3.12. The van der Waals surface area contributed by atoms with E-state index in [1.54, 1.807) is 0 Å². The zero-order valence-electron chi connectivity index (χ0n) is 12.5. The molecule has 0 fully saturated rings. The van der Waals surface area contributed by atoms with Crippen molar-refractivity contribution in [3.05, 3.63) is 29.8 Å². The van der Waals surface area contributed by atoms with Crippen molar-refractivity contribution < 1.29 is 4.79 Å². The van der Waals surface area contributed by atoms with Gasteiger partial charge in [0.2, 0.25) is 5.91 Å². The van der Waals surface area contributed by atoms with Crippen LogP contribution in [-0.2, 0) is 4.79 Å². The molecule has 0 aliphatic heterocycles. The summed E-state index contributed by atoms with van der Waals surface area (Å²) in [5, 5.41) is 6.33. The molecule has 19 heavy (non-hydrogen) atoms. The van der Waals surface area contributed by atoms with E-state index in [2.05, 4.69) is 31.4 Å². The van der Waals surface area contributed by atoms with Gasteiger partial charge in [-0.15, -0.1) is 0 Å². The van der Waals surface area contributed by atoms with Crippen LogP contribution in [-0.4, -0.2) is 18.0 Å². The summed E-state index contributed by atoms with van der Waals surface area (Å²) < 4.78 is 0. The summed E-state index contributed by atoms with van der Waals surface area (Å²) in [4.78, 5) is 11.9. The Morgan fingerprint density at radius 3 is 2.32 bits per heavy atom. The smallest absolute Gasteiger partial charge is 0.238 e. The van der Waals surface area contributed by atoms with Gasteiger partial charge in [-0.3, -0.25) is 4.79 Å². The minimum Gasteiger partial charge on any atom is -0.325 e. The lowest BCUT2D eigenvalue weighted by Crippen LogP contribution is -2.47. The van der Waals surface area contributed by atoms with Gasteiger partial charge in [-0.1, -0.05) is 32.9 Å². The highest BCUT2D eigenvalue weighted by Gasteiger charge is 2.23. The third kappa shape index (κ3) is 4.67. The van der Waals surface area contributed by atoms with Crippen molar-refractivity contribution in [3.8, 4) is 0 Å². The number of hydrogen-bond acceptors (Lipinski definition) is 2. The van der Waals surface area contributed by atoms with Gasteiger partial charge in [-0.25, -0.2) is 0 Å². The lowest BCUT2D eigenvalue weighted by atomic mass is 9.90. The molecular weight excluding hydrogens is 236 g/mol. The Hall–Kier alpha value is -1.35. The topological polar surface area (TPSA) is 41.1 Å². The van der Waals surface area contributed by atoms with Crippen LogP contribution in [0.2, 0.25) is 0 Å². The second kappa shape index (κ2) is 7.29. The SMILES string of the molecule is CCC(CC)(CC)NCC(=O)Nc1cccc(C)c1. The number of benzene rings is 1. The van der Waals surface area contributed by atoms with Crippen molar-refractivity contribution in [1.82, 2.24) is 5.32 Å². The molecule has 1 rings (SSSR count). The van der Waals surface area contributed by atoms with Gasteiger partial charge < -0.3 is 10.6 Å². The average Bonchev–Trinajstić information content (AvgIpc) is 2.41. The highest BCUT2D eigenvalue weighted by atomic mass is 16.1. The van der Waals surface area contributed by atoms with Gasteiger partial charge in [0.1, 0.15) is 0 Å². The van der Waals surface area contributed by atoms with Crippen molar-refractivity contribution in [3.63, 3.8) is 0 Å². The van der Waals surface area contributed by atoms with Crippen molar-refractivity contribution in [2.24, 2.45) is 0 Å². The number of hydrogen-bond donors (Lipinski definition) is 2. The van der Waals surface area contributed by atoms with Crippen LogP contribution in [0.3, 0.4) is 0 Å². The first-order chi connectivity index (χ1) is 9.05. The predicted octanol–water partition coefficient (Wildman–Crippen LogP) is 3.49. The van der Waals surface area contributed by atoms with Gasteiger partial charge in [0.05, 0.1) is 6.54 Å². The molecular formula is C16H26N2O. The van der Waals surface area contributed by atoms with Crippen LogP contribution in [0.1, 0.15) is 45.6 Å². The summed E-state index contributed by atoms with van der Waals surface area (Å²) in [5.74, 6) is 0.0188. The Labute approximate surface area is 116 Å². The summed E-state index contributed by atoms with van der Waals surface area (Å²) in [5.41, 5.74) is 2.10. The van der Waals surface area contributed by atoms with Gasteiger partial charge in [0, 0.05) is 11.2 Å². The molecule has 1 amide bonds. The maximum absolute atomic E-state index is 11.9. The molecule has 0 radical (unpaired) electrons. The number of anilines is 1. The Balaban J connectivity index is 2.52. The zero-order valence-corrected chi connectivity index (χ0v) is 12.5. The van der Waals surface area contributed by atoms with E-state index in [-0.39, 0.29) is 11.4 Å². The van der Waals surface area contributed by atoms with Crippen LogP contribution in [0.4, 0.5) is 5.69 Å². The lowest BCUT2D eigenvalue weighted by Gasteiger charge is -2.31. The van der Waals surface area contributed by atoms with Crippen molar-refractivity contribution in [1.29, 1.82) is 0 Å². The Kier molecular flexibility index (Phi) is 6.03. The molecule has 3 heteroatoms. The summed E-state index contributed by atoms with van der Waals surface area (Å²) >= 11 is 0. The molecule has 0 bridgehead atoms. The fourth-order valence-corrected chi connectivity index (χ4v) is 2.32. The molecule has 0 saturated heterocycles. The zero-order chi connectivity index (χ0) is 14.3. The van der Waals surface area contributed by atoms with Crippen LogP contribution in [0.25, 0.3) is 0 Å².